The van der Waals surface area contributed by atoms with Crippen LogP contribution in [-0.2, 0) is 0 Å². The molecule has 0 aliphatic rings. The van der Waals surface area contributed by atoms with Gasteiger partial charge in [0.1, 0.15) is 5.82 Å². The summed E-state index contributed by atoms with van der Waals surface area (Å²) in [6.45, 7) is 0.273. The van der Waals surface area contributed by atoms with Gasteiger partial charge in [0.15, 0.2) is 0 Å². The van der Waals surface area contributed by atoms with Gasteiger partial charge in [-0.2, -0.15) is 0 Å². The Balaban J connectivity index is 2.87. The molecule has 0 saturated carbocycles. The van der Waals surface area contributed by atoms with Gasteiger partial charge in [-0.05, 0) is 24.1 Å². The van der Waals surface area contributed by atoms with Crippen molar-refractivity contribution in [1.82, 2.24) is 0 Å². The maximum Gasteiger partial charge on any atom is 0.337 e. The molecule has 1 rings (SSSR count). The van der Waals surface area contributed by atoms with Gasteiger partial charge in [0, 0.05) is 17.0 Å². The molecule has 0 saturated heterocycles. The summed E-state index contributed by atoms with van der Waals surface area (Å²) in [5.74, 6) is -1.95. The van der Waals surface area contributed by atoms with Gasteiger partial charge in [-0.25, -0.2) is 9.18 Å². The molecule has 7 heteroatoms. The number of hydrogen-bond donors (Lipinski definition) is 1. The molecule has 1 aromatic rings. The largest absolute Gasteiger partial charge is 0.478 e. The maximum absolute atomic E-state index is 13.5. The number of azide groups is 1. The van der Waals surface area contributed by atoms with E-state index in [1.54, 1.807) is 6.08 Å². The Morgan fingerprint density at radius 3 is 2.94 bits per heavy atom. The van der Waals surface area contributed by atoms with Crippen LogP contribution in [0.4, 0.5) is 4.39 Å². The molecule has 94 valence electrons. The zero-order valence-electron chi connectivity index (χ0n) is 9.18. The van der Waals surface area contributed by atoms with Crippen molar-refractivity contribution < 1.29 is 14.3 Å². The summed E-state index contributed by atoms with van der Waals surface area (Å²) in [4.78, 5) is 13.3. The Morgan fingerprint density at radius 1 is 1.61 bits per heavy atom. The number of carboxylic acid groups (broad SMARTS) is 1. The minimum absolute atomic E-state index is 0.0291. The van der Waals surface area contributed by atoms with Crippen LogP contribution in [0, 0.1) is 5.82 Å². The van der Waals surface area contributed by atoms with Crippen molar-refractivity contribution in [2.24, 2.45) is 5.11 Å². The summed E-state index contributed by atoms with van der Waals surface area (Å²) in [6.07, 6.45) is 3.53. The first-order valence-electron chi connectivity index (χ1n) is 4.96. The Hall–Kier alpha value is -2.04. The van der Waals surface area contributed by atoms with Gasteiger partial charge >= 0.3 is 5.97 Å². The van der Waals surface area contributed by atoms with Crippen LogP contribution in [0.25, 0.3) is 16.5 Å². The van der Waals surface area contributed by atoms with Crippen molar-refractivity contribution in [3.63, 3.8) is 0 Å². The van der Waals surface area contributed by atoms with E-state index < -0.39 is 11.8 Å². The van der Waals surface area contributed by atoms with E-state index in [4.69, 9.17) is 22.2 Å². The molecule has 0 amide bonds. The highest BCUT2D eigenvalue weighted by atomic mass is 35.5. The quantitative estimate of drug-likeness (QED) is 0.380. The number of halogens is 2. The van der Waals surface area contributed by atoms with E-state index in [2.05, 4.69) is 10.0 Å². The van der Waals surface area contributed by atoms with Gasteiger partial charge < -0.3 is 5.11 Å². The molecule has 1 N–H and O–H groups in total. The smallest absolute Gasteiger partial charge is 0.337 e. The van der Waals surface area contributed by atoms with Crippen LogP contribution in [0.15, 0.2) is 23.3 Å². The lowest BCUT2D eigenvalue weighted by Gasteiger charge is -2.02. The fourth-order valence-electron chi connectivity index (χ4n) is 1.24. The SMILES string of the molecule is [N-]=[N+]=NCCC=Cc1cc(Cl)c(C(=O)O)cc1F. The standard InChI is InChI=1S/C11H9ClFN3O2/c12-9-5-7(3-1-2-4-15-16-14)10(13)6-8(9)11(17)18/h1,3,5-6H,2,4H2,(H,17,18). The summed E-state index contributed by atoms with van der Waals surface area (Å²) >= 11 is 5.71. The molecule has 0 atom stereocenters. The predicted octanol–water partition coefficient (Wildman–Crippen LogP) is 3.89. The van der Waals surface area contributed by atoms with Gasteiger partial charge in [-0.15, -0.1) is 0 Å². The van der Waals surface area contributed by atoms with E-state index in [-0.39, 0.29) is 22.7 Å². The fourth-order valence-corrected chi connectivity index (χ4v) is 1.49. The fraction of sp³-hybridized carbons (Fsp3) is 0.182. The van der Waals surface area contributed by atoms with Crippen molar-refractivity contribution in [3.8, 4) is 0 Å². The van der Waals surface area contributed by atoms with Crippen LogP contribution in [-0.4, -0.2) is 17.6 Å². The molecule has 0 aromatic heterocycles. The van der Waals surface area contributed by atoms with Crippen LogP contribution in [0.2, 0.25) is 5.02 Å². The molecular weight excluding hydrogens is 261 g/mol. The van der Waals surface area contributed by atoms with E-state index in [0.717, 1.165) is 6.07 Å². The highest BCUT2D eigenvalue weighted by Crippen LogP contribution is 2.22. The topological polar surface area (TPSA) is 86.1 Å². The Labute approximate surface area is 107 Å². The molecule has 0 bridgehead atoms. The van der Waals surface area contributed by atoms with Crippen molar-refractivity contribution in [2.75, 3.05) is 6.54 Å². The molecule has 0 unspecified atom stereocenters. The molecule has 0 spiro atoms. The molecule has 0 aliphatic carbocycles. The van der Waals surface area contributed by atoms with Crippen LogP contribution in [0.1, 0.15) is 22.3 Å². The van der Waals surface area contributed by atoms with Crippen LogP contribution >= 0.6 is 11.6 Å². The Bertz CT molecular complexity index is 539. The first kappa shape index (κ1) is 14.0. The summed E-state index contributed by atoms with van der Waals surface area (Å²) in [6, 6.07) is 2.11. The van der Waals surface area contributed by atoms with E-state index in [1.807, 2.05) is 0 Å². The number of aromatic carboxylic acids is 1. The minimum Gasteiger partial charge on any atom is -0.478 e. The number of carboxylic acids is 1. The zero-order valence-corrected chi connectivity index (χ0v) is 9.93. The number of benzene rings is 1. The molecule has 0 aliphatic heterocycles. The number of rotatable bonds is 5. The van der Waals surface area contributed by atoms with E-state index in [0.29, 0.717) is 6.42 Å². The molecular formula is C11H9ClFN3O2. The van der Waals surface area contributed by atoms with E-state index in [9.17, 15) is 9.18 Å². The summed E-state index contributed by atoms with van der Waals surface area (Å²) < 4.78 is 13.5. The second-order valence-corrected chi connectivity index (χ2v) is 3.71. The molecule has 0 fully saturated rings. The van der Waals surface area contributed by atoms with Gasteiger partial charge in [0.2, 0.25) is 0 Å². The van der Waals surface area contributed by atoms with Crippen molar-refractivity contribution in [1.29, 1.82) is 0 Å². The van der Waals surface area contributed by atoms with Gasteiger partial charge in [-0.1, -0.05) is 28.9 Å². The van der Waals surface area contributed by atoms with Crippen LogP contribution in [0.5, 0.6) is 0 Å². The second kappa shape index (κ2) is 6.64. The van der Waals surface area contributed by atoms with Crippen molar-refractivity contribution in [2.45, 2.75) is 6.42 Å². The van der Waals surface area contributed by atoms with E-state index >= 15 is 0 Å². The molecule has 5 nitrogen and oxygen atoms in total. The zero-order chi connectivity index (χ0) is 13.5. The van der Waals surface area contributed by atoms with Crippen molar-refractivity contribution >= 4 is 23.6 Å². The number of carbonyl (C=O) groups is 1. The van der Waals surface area contributed by atoms with Gasteiger partial charge in [-0.3, -0.25) is 0 Å². The lowest BCUT2D eigenvalue weighted by molar-refractivity contribution is 0.0696. The second-order valence-electron chi connectivity index (χ2n) is 3.30. The van der Waals surface area contributed by atoms with Crippen LogP contribution < -0.4 is 0 Å². The number of nitrogens with zero attached hydrogens (tertiary/aromatic N) is 3. The lowest BCUT2D eigenvalue weighted by atomic mass is 10.1. The third-order valence-corrected chi connectivity index (χ3v) is 2.39. The average Bonchev–Trinajstić information content (AvgIpc) is 2.32. The number of hydrogen-bond acceptors (Lipinski definition) is 2. The highest BCUT2D eigenvalue weighted by Gasteiger charge is 2.12. The minimum atomic E-state index is -1.28. The Morgan fingerprint density at radius 2 is 2.33 bits per heavy atom. The third-order valence-electron chi connectivity index (χ3n) is 2.07. The predicted molar refractivity (Wildman–Crippen MR) is 66.0 cm³/mol. The first-order valence-corrected chi connectivity index (χ1v) is 5.33. The normalized spacial score (nSPS) is 10.3. The highest BCUT2D eigenvalue weighted by molar-refractivity contribution is 6.33. The molecule has 0 radical (unpaired) electrons. The summed E-state index contributed by atoms with van der Waals surface area (Å²) in [7, 11) is 0. The summed E-state index contributed by atoms with van der Waals surface area (Å²) in [5, 5.41) is 12.0. The van der Waals surface area contributed by atoms with E-state index in [1.165, 1.54) is 12.1 Å². The monoisotopic (exact) mass is 269 g/mol. The third kappa shape index (κ3) is 3.76. The molecule has 1 aromatic carbocycles. The van der Waals surface area contributed by atoms with Gasteiger partial charge in [0.05, 0.1) is 10.6 Å². The summed E-state index contributed by atoms with van der Waals surface area (Å²) in [5.41, 5.74) is 7.96. The van der Waals surface area contributed by atoms with Crippen molar-refractivity contribution in [3.05, 3.63) is 50.6 Å². The Kier molecular flexibility index (Phi) is 5.17. The average molecular weight is 270 g/mol. The first-order chi connectivity index (χ1) is 8.56. The van der Waals surface area contributed by atoms with Crippen LogP contribution in [0.3, 0.4) is 0 Å². The lowest BCUT2D eigenvalue weighted by Crippen LogP contribution is -1.99. The maximum atomic E-state index is 13.5. The molecule has 18 heavy (non-hydrogen) atoms. The molecule has 0 heterocycles. The van der Waals surface area contributed by atoms with Gasteiger partial charge in [0.25, 0.3) is 0 Å².